The van der Waals surface area contributed by atoms with Gasteiger partial charge in [0.25, 0.3) is 24.3 Å². The molecule has 46 heteroatoms. The van der Waals surface area contributed by atoms with Crippen LogP contribution < -0.4 is 42.3 Å². The number of anilines is 2. The minimum Gasteiger partial charge on any atom is -0.843 e. The number of phosphoric acid groups is 4. The van der Waals surface area contributed by atoms with Crippen LogP contribution in [0.3, 0.4) is 0 Å². The Morgan fingerprint density at radius 3 is 1.18 bits per heavy atom. The first kappa shape index (κ1) is 66.4. The number of aromatic nitrogens is 10. The molecule has 4 saturated heterocycles. The van der Waals surface area contributed by atoms with Crippen LogP contribution in [0.5, 0.6) is 0 Å². The quantitative estimate of drug-likeness (QED) is 0.0222. The van der Waals surface area contributed by atoms with Gasteiger partial charge in [-0.05, 0) is 24.3 Å². The molecule has 0 saturated carbocycles. The molecule has 18 N–H and O–H groups in total. The molecule has 4 aliphatic rings. The van der Waals surface area contributed by atoms with Gasteiger partial charge in [-0.25, -0.2) is 48.2 Å². The minimum atomic E-state index is -5.39. The lowest BCUT2D eigenvalue weighted by Gasteiger charge is -2.22. The summed E-state index contributed by atoms with van der Waals surface area (Å²) in [5.74, 6) is -1.48. The summed E-state index contributed by atoms with van der Waals surface area (Å²) in [4.78, 5) is 86.5. The fourth-order valence-electron chi connectivity index (χ4n) is 9.12. The number of primary amides is 2. The summed E-state index contributed by atoms with van der Waals surface area (Å²) in [5, 5.41) is 87.5. The highest BCUT2D eigenvalue weighted by molar-refractivity contribution is 7.61. The fraction of sp³-hybridized carbons (Fsp3) is 0.476. The molecule has 6 aromatic heterocycles. The first-order valence-electron chi connectivity index (χ1n) is 25.2. The average molecular weight is 1330 g/mol. The lowest BCUT2D eigenvalue weighted by Crippen LogP contribution is -2.52. The van der Waals surface area contributed by atoms with Crippen molar-refractivity contribution < 1.29 is 143 Å². The molecular weight excluding hydrogens is 1270 g/mol. The Morgan fingerprint density at radius 2 is 0.852 bits per heavy atom. The van der Waals surface area contributed by atoms with Gasteiger partial charge in [0.1, 0.15) is 83.6 Å². The second-order valence-electron chi connectivity index (χ2n) is 19.3. The van der Waals surface area contributed by atoms with E-state index in [2.05, 4.69) is 47.6 Å². The normalized spacial score (nSPS) is 31.6. The lowest BCUT2D eigenvalue weighted by molar-refractivity contribution is -0.782. The maximum Gasteiger partial charge on any atom is 0.481 e. The number of aliphatic hydroxyl groups is 6. The predicted octanol–water partition coefficient (Wildman–Crippen LogP) is -7.30. The molecule has 10 heterocycles. The van der Waals surface area contributed by atoms with Crippen LogP contribution in [0.1, 0.15) is 45.6 Å². The van der Waals surface area contributed by atoms with E-state index in [0.29, 0.717) is 0 Å². The van der Waals surface area contributed by atoms with E-state index < -0.39 is 168 Å². The number of amides is 2. The monoisotopic (exact) mass is 1330 g/mol. The van der Waals surface area contributed by atoms with Gasteiger partial charge in [0.2, 0.25) is 0 Å². The van der Waals surface area contributed by atoms with Gasteiger partial charge in [0, 0.05) is 12.1 Å². The third-order valence-electron chi connectivity index (χ3n) is 13.4. The largest absolute Gasteiger partial charge is 0.843 e. The zero-order valence-corrected chi connectivity index (χ0v) is 48.0. The van der Waals surface area contributed by atoms with E-state index in [-0.39, 0.29) is 45.1 Å². The summed E-state index contributed by atoms with van der Waals surface area (Å²) in [6.45, 7) is -3.69. The summed E-state index contributed by atoms with van der Waals surface area (Å²) in [6.07, 6.45) is -15.0. The van der Waals surface area contributed by atoms with E-state index in [4.69, 9.17) is 50.9 Å². The van der Waals surface area contributed by atoms with Crippen molar-refractivity contribution in [1.82, 2.24) is 39.0 Å². The number of carbonyl (C=O) groups is 2. The van der Waals surface area contributed by atoms with Gasteiger partial charge in [-0.2, -0.15) is 17.8 Å². The van der Waals surface area contributed by atoms with Crippen molar-refractivity contribution in [2.24, 2.45) is 11.5 Å². The van der Waals surface area contributed by atoms with E-state index in [9.17, 15) is 88.3 Å². The van der Waals surface area contributed by atoms with E-state index in [1.54, 1.807) is 0 Å². The second-order valence-corrected chi connectivity index (χ2v) is 25.4. The van der Waals surface area contributed by atoms with Crippen LogP contribution >= 0.6 is 31.3 Å². The molecule has 0 bridgehead atoms. The number of hydrogen-bond acceptors (Lipinski definition) is 32. The molecular formula is C42H54N14O28P4. The van der Waals surface area contributed by atoms with Crippen molar-refractivity contribution >= 4 is 77.1 Å². The number of rotatable bonds is 22. The Bertz CT molecular complexity index is 3490. The van der Waals surface area contributed by atoms with E-state index >= 15 is 0 Å². The van der Waals surface area contributed by atoms with E-state index in [1.807, 2.05) is 0 Å². The van der Waals surface area contributed by atoms with Gasteiger partial charge in [0.15, 0.2) is 60.2 Å². The Balaban J connectivity index is 0.000000209. The first-order valence-corrected chi connectivity index (χ1v) is 31.1. The molecule has 0 radical (unpaired) electrons. The molecule has 4 aliphatic heterocycles. The lowest BCUT2D eigenvalue weighted by atomic mass is 10.1. The molecule has 20 atom stereocenters. The SMILES string of the molecule is NC(=O)c1ccc[n+]([C@@H]2O[C@H](COP(=O)(O)OP(=O)(O)OC[C@H]3O[C@@H](n4cnc5c(N)ncnc54)[C@H](O)[C@@H]3O)[C@@H](O)[C@H]2[O-])c1.NC(=O)c1ccc[n+]([C@@H]2O[C@H](COP(=O)(O)OP(=O)(O)OC[C@H]3O[C@@H](n4cnc5c(N)ncnc54)[C@H](O)[C@@H]3O)[C@@H](O)[C@H]2[O-])c1. The van der Waals surface area contributed by atoms with Crippen LogP contribution in [0.4, 0.5) is 11.6 Å². The number of hydrogen-bond donors (Lipinski definition) is 14. The highest BCUT2D eigenvalue weighted by atomic mass is 31.3. The van der Waals surface area contributed by atoms with Gasteiger partial charge in [-0.15, -0.1) is 0 Å². The number of nitrogens with two attached hydrogens (primary N) is 4. The number of nitrogen functional groups attached to an aromatic ring is 2. The maximum atomic E-state index is 12.6. The molecule has 4 fully saturated rings. The summed E-state index contributed by atoms with van der Waals surface area (Å²) < 4.78 is 104. The number of ether oxygens (including phenoxy) is 4. The summed E-state index contributed by atoms with van der Waals surface area (Å²) in [7, 11) is -21.5. The number of imidazole rings is 2. The predicted molar refractivity (Wildman–Crippen MR) is 274 cm³/mol. The summed E-state index contributed by atoms with van der Waals surface area (Å²) >= 11 is 0. The molecule has 10 rings (SSSR count). The van der Waals surface area contributed by atoms with Crippen molar-refractivity contribution in [1.29, 1.82) is 0 Å². The van der Waals surface area contributed by atoms with Crippen molar-refractivity contribution in [3.8, 4) is 0 Å². The highest BCUT2D eigenvalue weighted by Gasteiger charge is 2.50. The number of fused-ring (bicyclic) bond motifs is 2. The molecule has 480 valence electrons. The van der Waals surface area contributed by atoms with Crippen LogP contribution in [0, 0.1) is 0 Å². The van der Waals surface area contributed by atoms with Crippen LogP contribution in [-0.4, -0.2) is 201 Å². The zero-order chi connectivity index (χ0) is 63.9. The Labute approximate surface area is 491 Å². The van der Waals surface area contributed by atoms with Crippen molar-refractivity contribution in [3.05, 3.63) is 85.5 Å². The van der Waals surface area contributed by atoms with Crippen LogP contribution in [0.2, 0.25) is 0 Å². The minimum absolute atomic E-state index is 0.0416. The van der Waals surface area contributed by atoms with Gasteiger partial charge in [-0.3, -0.25) is 36.8 Å². The highest BCUT2D eigenvalue weighted by Crippen LogP contribution is 2.62. The van der Waals surface area contributed by atoms with E-state index in [0.717, 1.165) is 12.7 Å². The molecule has 42 nitrogen and oxygen atoms in total. The van der Waals surface area contributed by atoms with Crippen LogP contribution in [-0.2, 0) is 63.9 Å². The zero-order valence-electron chi connectivity index (χ0n) is 44.4. The van der Waals surface area contributed by atoms with Crippen molar-refractivity contribution in [2.45, 2.75) is 98.2 Å². The third-order valence-corrected chi connectivity index (χ3v) is 18.6. The Morgan fingerprint density at radius 1 is 0.523 bits per heavy atom. The summed E-state index contributed by atoms with van der Waals surface area (Å²) in [6, 6.07) is 5.57. The van der Waals surface area contributed by atoms with Crippen molar-refractivity contribution in [2.75, 3.05) is 37.9 Å². The number of pyridine rings is 2. The molecule has 88 heavy (non-hydrogen) atoms. The summed E-state index contributed by atoms with van der Waals surface area (Å²) in [5.41, 5.74) is 22.7. The first-order chi connectivity index (χ1) is 41.3. The van der Waals surface area contributed by atoms with E-state index in [1.165, 1.54) is 80.0 Å². The Hall–Kier alpha value is -6.02. The molecule has 0 aliphatic carbocycles. The van der Waals surface area contributed by atoms with Gasteiger partial charge in [-0.1, -0.05) is 0 Å². The molecule has 4 unspecified atom stereocenters. The van der Waals surface area contributed by atoms with Crippen LogP contribution in [0.15, 0.2) is 74.4 Å². The molecule has 2 amide bonds. The van der Waals surface area contributed by atoms with Crippen LogP contribution in [0.25, 0.3) is 22.3 Å². The molecule has 6 aromatic rings. The second kappa shape index (κ2) is 26.4. The standard InChI is InChI=1S/2C21H27N7O14P2/c2*22-17-12-19(25-7-24-17)28(8-26-12)21-16(32)14(30)11(41-21)6-39-44(36,37)42-43(34,35)38-5-10-13(29)15(31)20(40-10)27-3-1-2-9(4-27)18(23)33/h2*1-4,7-8,10-11,13-16,20-21,29-30,32H,5-6H2,(H2,23,33)(H,34,35)(H,36,37)(H2,22,24,25)/t2*10-,11-,13-,14-,15-,16-,20-,21-/m11/s1. The topological polar surface area (TPSA) is 642 Å². The van der Waals surface area contributed by atoms with Gasteiger partial charge in [0.05, 0.1) is 51.3 Å². The number of phosphoric ester groups is 4. The van der Waals surface area contributed by atoms with Crippen molar-refractivity contribution in [3.63, 3.8) is 0 Å². The number of carbonyl (C=O) groups excluding carboxylic acids is 2. The fourth-order valence-corrected chi connectivity index (χ4v) is 13.3. The van der Waals surface area contributed by atoms with Gasteiger partial charge < -0.3 is 102 Å². The smallest absolute Gasteiger partial charge is 0.481 e. The Kier molecular flexibility index (Phi) is 19.9. The third kappa shape index (κ3) is 14.7. The average Bonchev–Trinajstić information content (AvgIpc) is 1.77. The number of nitrogens with zero attached hydrogens (tertiary/aromatic N) is 10. The van der Waals surface area contributed by atoms with Gasteiger partial charge >= 0.3 is 31.3 Å². The maximum absolute atomic E-state index is 12.6. The number of aliphatic hydroxyl groups excluding tert-OH is 6. The molecule has 0 spiro atoms. The molecule has 0 aromatic carbocycles.